The van der Waals surface area contributed by atoms with Gasteiger partial charge in [-0.05, 0) is 47.5 Å². The molecule has 4 aromatic rings. The zero-order valence-electron chi connectivity index (χ0n) is 14.4. The van der Waals surface area contributed by atoms with Crippen LogP contribution in [0.1, 0.15) is 0 Å². The second-order valence-corrected chi connectivity index (χ2v) is 6.19. The highest BCUT2D eigenvalue weighted by atomic mass is 19.4. The number of pyridine rings is 1. The molecule has 0 spiro atoms. The summed E-state index contributed by atoms with van der Waals surface area (Å²) in [5.41, 5.74) is 3.50. The predicted octanol–water partition coefficient (Wildman–Crippen LogP) is 6.17. The van der Waals surface area contributed by atoms with Gasteiger partial charge in [0.2, 0.25) is 0 Å². The Balaban J connectivity index is 1.78. The Labute approximate surface area is 158 Å². The second-order valence-electron chi connectivity index (χ2n) is 6.19. The van der Waals surface area contributed by atoms with Crippen LogP contribution in [0.5, 0.6) is 11.5 Å². The van der Waals surface area contributed by atoms with Crippen molar-refractivity contribution in [3.8, 4) is 33.9 Å². The van der Waals surface area contributed by atoms with Gasteiger partial charge in [0.1, 0.15) is 11.5 Å². The third-order valence-corrected chi connectivity index (χ3v) is 4.25. The Morgan fingerprint density at radius 3 is 2.32 bits per heavy atom. The molecule has 1 N–H and O–H groups in total. The zero-order valence-corrected chi connectivity index (χ0v) is 14.4. The van der Waals surface area contributed by atoms with Gasteiger partial charge in [0.25, 0.3) is 0 Å². The van der Waals surface area contributed by atoms with Crippen LogP contribution in [0.3, 0.4) is 0 Å². The quantitative estimate of drug-likeness (QED) is 0.461. The monoisotopic (exact) mass is 381 g/mol. The number of phenolic OH excluding ortho intramolecular Hbond substituents is 1. The molecule has 3 nitrogen and oxygen atoms in total. The lowest BCUT2D eigenvalue weighted by Crippen LogP contribution is -2.17. The van der Waals surface area contributed by atoms with Crippen molar-refractivity contribution in [3.63, 3.8) is 0 Å². The van der Waals surface area contributed by atoms with E-state index in [4.69, 9.17) is 0 Å². The molecule has 4 rings (SSSR count). The Morgan fingerprint density at radius 1 is 0.786 bits per heavy atom. The summed E-state index contributed by atoms with van der Waals surface area (Å²) < 4.78 is 41.6. The highest BCUT2D eigenvalue weighted by molar-refractivity contribution is 5.95. The van der Waals surface area contributed by atoms with Crippen LogP contribution in [0, 0.1) is 0 Å². The maximum atomic E-state index is 12.5. The second kappa shape index (κ2) is 6.88. The number of aromatic nitrogens is 1. The van der Waals surface area contributed by atoms with Gasteiger partial charge in [0.15, 0.2) is 0 Å². The first-order chi connectivity index (χ1) is 13.4. The third kappa shape index (κ3) is 3.76. The van der Waals surface area contributed by atoms with Crippen molar-refractivity contribution in [3.05, 3.63) is 78.9 Å². The van der Waals surface area contributed by atoms with Crippen LogP contribution >= 0.6 is 0 Å². The number of hydrogen-bond donors (Lipinski definition) is 1. The smallest absolute Gasteiger partial charge is 0.508 e. The van der Waals surface area contributed by atoms with E-state index in [2.05, 4.69) is 9.72 Å². The summed E-state index contributed by atoms with van der Waals surface area (Å²) in [6.07, 6.45) is -4.74. The van der Waals surface area contributed by atoms with E-state index >= 15 is 0 Å². The number of phenols is 1. The summed E-state index contributed by atoms with van der Waals surface area (Å²) in [6.45, 7) is 0. The van der Waals surface area contributed by atoms with Crippen LogP contribution in [0.4, 0.5) is 13.2 Å². The molecule has 0 aliphatic carbocycles. The van der Waals surface area contributed by atoms with Crippen LogP contribution in [-0.4, -0.2) is 16.5 Å². The van der Waals surface area contributed by atoms with Crippen LogP contribution in [0.2, 0.25) is 0 Å². The minimum absolute atomic E-state index is 0.148. The average Bonchev–Trinajstić information content (AvgIpc) is 2.66. The Kier molecular flexibility index (Phi) is 4.39. The number of halogens is 3. The summed E-state index contributed by atoms with van der Waals surface area (Å²) in [5, 5.41) is 10.5. The molecule has 28 heavy (non-hydrogen) atoms. The molecule has 0 fully saturated rings. The van der Waals surface area contributed by atoms with Crippen molar-refractivity contribution in [1.82, 2.24) is 4.98 Å². The topological polar surface area (TPSA) is 42.4 Å². The summed E-state index contributed by atoms with van der Waals surface area (Å²) in [7, 11) is 0. The standard InChI is InChI=1S/C22H14F3NO2/c23-22(24,25)28-17-7-2-4-14(13-17)18-8-3-9-21-19(18)10-11-20(26-21)15-5-1-6-16(27)12-15/h1-13,27H. The number of nitrogens with zero attached hydrogens (tertiary/aromatic N) is 1. The van der Waals surface area contributed by atoms with Crippen molar-refractivity contribution in [2.24, 2.45) is 0 Å². The molecular formula is C22H14F3NO2. The molecule has 1 heterocycles. The number of fused-ring (bicyclic) bond motifs is 1. The maximum Gasteiger partial charge on any atom is 0.573 e. The van der Waals surface area contributed by atoms with E-state index in [1.807, 2.05) is 30.3 Å². The molecule has 0 aliphatic heterocycles. The molecule has 0 atom stereocenters. The number of aromatic hydroxyl groups is 1. The van der Waals surface area contributed by atoms with Gasteiger partial charge in [0, 0.05) is 10.9 Å². The molecule has 1 aromatic heterocycles. The molecule has 0 radical (unpaired) electrons. The van der Waals surface area contributed by atoms with E-state index in [1.165, 1.54) is 18.2 Å². The van der Waals surface area contributed by atoms with E-state index in [9.17, 15) is 18.3 Å². The van der Waals surface area contributed by atoms with E-state index < -0.39 is 6.36 Å². The Bertz CT molecular complexity index is 1160. The zero-order chi connectivity index (χ0) is 19.7. The van der Waals surface area contributed by atoms with Crippen molar-refractivity contribution in [2.75, 3.05) is 0 Å². The van der Waals surface area contributed by atoms with Crippen molar-refractivity contribution < 1.29 is 23.0 Å². The normalized spacial score (nSPS) is 11.5. The molecule has 0 saturated carbocycles. The fourth-order valence-electron chi connectivity index (χ4n) is 3.09. The predicted molar refractivity (Wildman–Crippen MR) is 101 cm³/mol. The van der Waals surface area contributed by atoms with Crippen LogP contribution in [0.15, 0.2) is 78.9 Å². The fraction of sp³-hybridized carbons (Fsp3) is 0.0455. The summed E-state index contributed by atoms with van der Waals surface area (Å²) >= 11 is 0. The van der Waals surface area contributed by atoms with Gasteiger partial charge in [-0.1, -0.05) is 42.5 Å². The summed E-state index contributed by atoms with van der Waals surface area (Å²) in [5.74, 6) is -0.124. The van der Waals surface area contributed by atoms with Crippen LogP contribution in [0.25, 0.3) is 33.3 Å². The van der Waals surface area contributed by atoms with Crippen molar-refractivity contribution in [1.29, 1.82) is 0 Å². The SMILES string of the molecule is Oc1cccc(-c2ccc3c(-c4cccc(OC(F)(F)F)c4)cccc3n2)c1. The first kappa shape index (κ1) is 17.9. The Hall–Kier alpha value is -3.54. The van der Waals surface area contributed by atoms with Crippen LogP contribution < -0.4 is 4.74 Å². The van der Waals surface area contributed by atoms with Crippen molar-refractivity contribution in [2.45, 2.75) is 6.36 Å². The number of alkyl halides is 3. The molecule has 0 saturated heterocycles. The van der Waals surface area contributed by atoms with Gasteiger partial charge in [-0.2, -0.15) is 0 Å². The highest BCUT2D eigenvalue weighted by Gasteiger charge is 2.31. The largest absolute Gasteiger partial charge is 0.573 e. The lowest BCUT2D eigenvalue weighted by atomic mass is 9.99. The first-order valence-electron chi connectivity index (χ1n) is 8.44. The molecule has 0 aliphatic rings. The molecule has 6 heteroatoms. The minimum atomic E-state index is -4.74. The summed E-state index contributed by atoms with van der Waals surface area (Å²) in [4.78, 5) is 4.63. The number of hydrogen-bond acceptors (Lipinski definition) is 3. The maximum absolute atomic E-state index is 12.5. The molecule has 0 unspecified atom stereocenters. The molecule has 140 valence electrons. The fourth-order valence-corrected chi connectivity index (χ4v) is 3.09. The van der Waals surface area contributed by atoms with E-state index in [-0.39, 0.29) is 11.5 Å². The lowest BCUT2D eigenvalue weighted by Gasteiger charge is -2.12. The highest BCUT2D eigenvalue weighted by Crippen LogP contribution is 2.33. The number of rotatable bonds is 3. The number of ether oxygens (including phenoxy) is 1. The van der Waals surface area contributed by atoms with Crippen LogP contribution in [-0.2, 0) is 0 Å². The van der Waals surface area contributed by atoms with Gasteiger partial charge in [-0.3, -0.25) is 0 Å². The first-order valence-corrected chi connectivity index (χ1v) is 8.44. The molecular weight excluding hydrogens is 367 g/mol. The minimum Gasteiger partial charge on any atom is -0.508 e. The average molecular weight is 381 g/mol. The van der Waals surface area contributed by atoms with Crippen molar-refractivity contribution >= 4 is 10.9 Å². The van der Waals surface area contributed by atoms with E-state index in [0.717, 1.165) is 16.5 Å². The Morgan fingerprint density at radius 2 is 1.54 bits per heavy atom. The van der Waals surface area contributed by atoms with E-state index in [0.29, 0.717) is 16.8 Å². The molecule has 0 bridgehead atoms. The van der Waals surface area contributed by atoms with Gasteiger partial charge < -0.3 is 9.84 Å². The third-order valence-electron chi connectivity index (χ3n) is 4.25. The molecule has 3 aromatic carbocycles. The number of benzene rings is 3. The molecule has 0 amide bonds. The van der Waals surface area contributed by atoms with Gasteiger partial charge in [-0.15, -0.1) is 13.2 Å². The van der Waals surface area contributed by atoms with Gasteiger partial charge in [-0.25, -0.2) is 4.98 Å². The van der Waals surface area contributed by atoms with Gasteiger partial charge >= 0.3 is 6.36 Å². The summed E-state index contributed by atoms with van der Waals surface area (Å²) in [6, 6.07) is 21.8. The lowest BCUT2D eigenvalue weighted by molar-refractivity contribution is -0.274. The van der Waals surface area contributed by atoms with Gasteiger partial charge in [0.05, 0.1) is 11.2 Å². The van der Waals surface area contributed by atoms with E-state index in [1.54, 1.807) is 30.3 Å².